The van der Waals surface area contributed by atoms with Gasteiger partial charge in [0.05, 0.1) is 18.6 Å². The van der Waals surface area contributed by atoms with Crippen LogP contribution in [0.4, 0.5) is 0 Å². The number of aliphatic hydroxyl groups excluding tert-OH is 1. The molecular weight excluding hydrogens is 548 g/mol. The van der Waals surface area contributed by atoms with E-state index in [0.29, 0.717) is 32.2 Å². The van der Waals surface area contributed by atoms with E-state index in [0.717, 1.165) is 18.4 Å². The fourth-order valence-electron chi connectivity index (χ4n) is 5.54. The van der Waals surface area contributed by atoms with Crippen LogP contribution in [0, 0.1) is 17.8 Å². The summed E-state index contributed by atoms with van der Waals surface area (Å²) < 4.78 is 5.60. The second-order valence-corrected chi connectivity index (χ2v) is 12.6. The largest absolute Gasteiger partial charge is 0.464 e. The van der Waals surface area contributed by atoms with Gasteiger partial charge in [0, 0.05) is 13.0 Å². The highest BCUT2D eigenvalue weighted by Crippen LogP contribution is 2.23. The highest BCUT2D eigenvalue weighted by atomic mass is 16.5. The first-order chi connectivity index (χ1) is 20.4. The van der Waals surface area contributed by atoms with E-state index < -0.39 is 47.4 Å². The fourth-order valence-corrected chi connectivity index (χ4v) is 5.54. The molecule has 1 saturated heterocycles. The number of nitrogens with zero attached hydrogens (tertiary/aromatic N) is 1. The van der Waals surface area contributed by atoms with Crippen LogP contribution in [-0.2, 0) is 30.3 Å². The van der Waals surface area contributed by atoms with Crippen molar-refractivity contribution in [1.82, 2.24) is 21.1 Å². The molecule has 1 fully saturated rings. The first kappa shape index (κ1) is 34.3. The zero-order chi connectivity index (χ0) is 31.6. The number of rotatable bonds is 3. The predicted octanol–water partition coefficient (Wildman–Crippen LogP) is 3.05. The lowest BCUT2D eigenvalue weighted by Crippen LogP contribution is -2.66. The van der Waals surface area contributed by atoms with E-state index >= 15 is 0 Å². The highest BCUT2D eigenvalue weighted by molar-refractivity contribution is 5.93. The first-order valence-electron chi connectivity index (χ1n) is 15.7. The Morgan fingerprint density at radius 3 is 2.42 bits per heavy atom. The third-order valence-electron chi connectivity index (χ3n) is 8.48. The lowest BCUT2D eigenvalue weighted by Gasteiger charge is -2.41. The lowest BCUT2D eigenvalue weighted by atomic mass is 9.89. The third-order valence-corrected chi connectivity index (χ3v) is 8.48. The number of hydrogen-bond donors (Lipinski definition) is 4. The molecule has 1 aromatic carbocycles. The molecule has 0 aliphatic carbocycles. The number of carbonyl (C=O) groups is 4. The maximum Gasteiger partial charge on any atom is 0.327 e. The van der Waals surface area contributed by atoms with Crippen molar-refractivity contribution in [2.75, 3.05) is 13.2 Å². The van der Waals surface area contributed by atoms with Gasteiger partial charge in [0.1, 0.15) is 17.6 Å². The number of carbonyl (C=O) groups excluding carboxylic acids is 4. The van der Waals surface area contributed by atoms with Crippen LogP contribution in [0.15, 0.2) is 42.5 Å². The Bertz CT molecular complexity index is 1130. The molecule has 10 nitrogen and oxygen atoms in total. The van der Waals surface area contributed by atoms with Crippen molar-refractivity contribution in [2.24, 2.45) is 17.8 Å². The van der Waals surface area contributed by atoms with E-state index in [1.807, 2.05) is 63.3 Å². The van der Waals surface area contributed by atoms with Gasteiger partial charge in [0.2, 0.25) is 11.8 Å². The minimum atomic E-state index is -1.08. The minimum Gasteiger partial charge on any atom is -0.464 e. The number of fused-ring (bicyclic) bond motifs is 2. The van der Waals surface area contributed by atoms with Crippen LogP contribution >= 0.6 is 0 Å². The van der Waals surface area contributed by atoms with Crippen LogP contribution in [0.2, 0.25) is 0 Å². The van der Waals surface area contributed by atoms with Gasteiger partial charge in [0.25, 0.3) is 5.91 Å². The van der Waals surface area contributed by atoms with E-state index in [1.165, 1.54) is 5.01 Å². The normalized spacial score (nSPS) is 31.7. The van der Waals surface area contributed by atoms with Gasteiger partial charge < -0.3 is 20.5 Å². The van der Waals surface area contributed by atoms with Crippen LogP contribution in [0.1, 0.15) is 78.7 Å². The number of allylic oxidation sites excluding steroid dienone is 2. The van der Waals surface area contributed by atoms with Gasteiger partial charge in [-0.25, -0.2) is 10.2 Å². The number of hydrazine groups is 1. The number of benzene rings is 1. The second-order valence-electron chi connectivity index (χ2n) is 12.6. The van der Waals surface area contributed by atoms with Crippen LogP contribution in [-0.4, -0.2) is 70.7 Å². The molecular formula is C33H50N4O6. The van der Waals surface area contributed by atoms with Crippen molar-refractivity contribution in [2.45, 2.75) is 103 Å². The molecule has 2 unspecified atom stereocenters. The molecule has 3 amide bonds. The number of ether oxygens (including phenoxy) is 1. The molecule has 4 N–H and O–H groups in total. The second kappa shape index (κ2) is 16.0. The SMILES string of the molecule is CC(C)[C@@H]1NC(=O)C(C)[C@H](O)[C@@H](C)C/C=C/CCCCOC(=O)C2(C)CCCN(N2)C(=O)[C@H](Cc2ccccc2)NC1=O. The zero-order valence-electron chi connectivity index (χ0n) is 26.3. The Hall–Kier alpha value is -3.24. The summed E-state index contributed by atoms with van der Waals surface area (Å²) in [4.78, 5) is 53.9. The molecule has 238 valence electrons. The molecule has 0 aromatic heterocycles. The van der Waals surface area contributed by atoms with E-state index in [1.54, 1.807) is 13.8 Å². The van der Waals surface area contributed by atoms with Crippen molar-refractivity contribution in [3.63, 3.8) is 0 Å². The minimum absolute atomic E-state index is 0.170. The van der Waals surface area contributed by atoms with E-state index in [-0.39, 0.29) is 30.8 Å². The lowest BCUT2D eigenvalue weighted by molar-refractivity contribution is -0.160. The number of aliphatic hydroxyl groups is 1. The summed E-state index contributed by atoms with van der Waals surface area (Å²) >= 11 is 0. The Balaban J connectivity index is 1.90. The molecule has 0 radical (unpaired) electrons. The zero-order valence-corrected chi connectivity index (χ0v) is 26.3. The molecule has 1 aromatic rings. The number of hydrogen-bond acceptors (Lipinski definition) is 7. The van der Waals surface area contributed by atoms with Crippen LogP contribution < -0.4 is 16.1 Å². The Morgan fingerprint density at radius 1 is 1.00 bits per heavy atom. The fraction of sp³-hybridized carbons (Fsp3) is 0.636. The molecule has 43 heavy (non-hydrogen) atoms. The summed E-state index contributed by atoms with van der Waals surface area (Å²) in [6, 6.07) is 7.50. The van der Waals surface area contributed by atoms with Gasteiger partial charge >= 0.3 is 5.97 Å². The molecule has 3 rings (SSSR count). The molecule has 2 aliphatic heterocycles. The standard InChI is InChI=1S/C33H50N4O6/c1-22(2)27-30(40)34-26(21-25-16-11-9-12-17-25)31(41)37-19-14-18-33(5,36-37)32(42)43-20-13-8-6-7-10-15-23(3)28(38)24(4)29(39)35-27/h7,9-12,16-17,22-24,26-28,36,38H,6,8,13-15,18-21H2,1-5H3,(H,34,40)(H,35,39)/b10-7+/t23-,24?,26-,27-,28+,33?/m0/s1. The topological polar surface area (TPSA) is 137 Å². The van der Waals surface area contributed by atoms with Crippen molar-refractivity contribution in [3.05, 3.63) is 48.0 Å². The van der Waals surface area contributed by atoms with Crippen molar-refractivity contribution in [1.29, 1.82) is 0 Å². The van der Waals surface area contributed by atoms with Gasteiger partial charge in [0.15, 0.2) is 0 Å². The number of nitrogens with one attached hydrogen (secondary N) is 3. The van der Waals surface area contributed by atoms with Crippen LogP contribution in [0.5, 0.6) is 0 Å². The molecule has 0 saturated carbocycles. The smallest absolute Gasteiger partial charge is 0.327 e. The summed E-state index contributed by atoms with van der Waals surface area (Å²) in [5.74, 6) is -2.88. The molecule has 2 heterocycles. The quantitative estimate of drug-likeness (QED) is 0.310. The molecule has 10 heteroatoms. The highest BCUT2D eigenvalue weighted by Gasteiger charge is 2.42. The van der Waals surface area contributed by atoms with Crippen LogP contribution in [0.3, 0.4) is 0 Å². The Labute approximate surface area is 256 Å². The van der Waals surface area contributed by atoms with Gasteiger partial charge in [-0.05, 0) is 62.8 Å². The van der Waals surface area contributed by atoms with Crippen molar-refractivity contribution in [3.8, 4) is 0 Å². The average molecular weight is 599 g/mol. The summed E-state index contributed by atoms with van der Waals surface area (Å²) in [7, 11) is 0. The maximum absolute atomic E-state index is 13.9. The molecule has 2 bridgehead atoms. The Morgan fingerprint density at radius 2 is 1.72 bits per heavy atom. The summed E-state index contributed by atoms with van der Waals surface area (Å²) in [5.41, 5.74) is 2.88. The summed E-state index contributed by atoms with van der Waals surface area (Å²) in [5, 5.41) is 18.0. The summed E-state index contributed by atoms with van der Waals surface area (Å²) in [6.07, 6.45) is 7.43. The van der Waals surface area contributed by atoms with Gasteiger partial charge in [-0.2, -0.15) is 0 Å². The molecule has 0 spiro atoms. The number of amides is 3. The van der Waals surface area contributed by atoms with E-state index in [4.69, 9.17) is 4.74 Å². The van der Waals surface area contributed by atoms with Crippen molar-refractivity contribution < 1.29 is 29.0 Å². The first-order valence-corrected chi connectivity index (χ1v) is 15.7. The van der Waals surface area contributed by atoms with E-state index in [9.17, 15) is 24.3 Å². The van der Waals surface area contributed by atoms with Crippen LogP contribution in [0.25, 0.3) is 0 Å². The number of esters is 1. The van der Waals surface area contributed by atoms with Gasteiger partial charge in [-0.3, -0.25) is 19.4 Å². The van der Waals surface area contributed by atoms with Gasteiger partial charge in [-0.1, -0.05) is 70.2 Å². The van der Waals surface area contributed by atoms with Crippen molar-refractivity contribution >= 4 is 23.7 Å². The van der Waals surface area contributed by atoms with Gasteiger partial charge in [-0.15, -0.1) is 0 Å². The molecule has 2 aliphatic rings. The average Bonchev–Trinajstić information content (AvgIpc) is 2.99. The molecule has 6 atom stereocenters. The summed E-state index contributed by atoms with van der Waals surface area (Å²) in [6.45, 7) is 9.58. The third kappa shape index (κ3) is 9.63. The predicted molar refractivity (Wildman–Crippen MR) is 164 cm³/mol. The monoisotopic (exact) mass is 598 g/mol. The van der Waals surface area contributed by atoms with E-state index in [2.05, 4.69) is 16.1 Å². The number of cyclic esters (lactones) is 1. The maximum atomic E-state index is 13.9. The Kier molecular flexibility index (Phi) is 12.7.